The molecule has 3 rings (SSSR count). The lowest BCUT2D eigenvalue weighted by Crippen LogP contribution is -2.30. The summed E-state index contributed by atoms with van der Waals surface area (Å²) in [6.45, 7) is 1.13. The standard InChI is InChI=1S/C22H23F2N3O2S/c1-14(2)30-22-25-19(13-15-5-7-16(8-6-15)26(3)4)20(28)27(22)17-9-11-18(12-10-17)29-21(23)24/h5-14,21H,1-4H3/b19-13-. The highest BCUT2D eigenvalue weighted by atomic mass is 32.2. The lowest BCUT2D eigenvalue weighted by Gasteiger charge is -2.19. The van der Waals surface area contributed by atoms with Gasteiger partial charge in [0, 0.05) is 25.0 Å². The molecule has 0 N–H and O–H groups in total. The van der Waals surface area contributed by atoms with E-state index in [0.29, 0.717) is 16.6 Å². The summed E-state index contributed by atoms with van der Waals surface area (Å²) >= 11 is 1.46. The maximum absolute atomic E-state index is 13.1. The topological polar surface area (TPSA) is 45.1 Å². The van der Waals surface area contributed by atoms with E-state index in [0.717, 1.165) is 11.3 Å². The van der Waals surface area contributed by atoms with Crippen molar-refractivity contribution in [3.05, 3.63) is 59.8 Å². The van der Waals surface area contributed by atoms with Crippen LogP contribution in [0.5, 0.6) is 5.75 Å². The number of hydrogen-bond acceptors (Lipinski definition) is 5. The highest BCUT2D eigenvalue weighted by Gasteiger charge is 2.32. The van der Waals surface area contributed by atoms with Crippen LogP contribution in [0, 0.1) is 0 Å². The van der Waals surface area contributed by atoms with Crippen molar-refractivity contribution in [3.63, 3.8) is 0 Å². The number of amidine groups is 1. The number of ether oxygens (including phenoxy) is 1. The molecule has 5 nitrogen and oxygen atoms in total. The third-order valence-corrected chi connectivity index (χ3v) is 5.16. The summed E-state index contributed by atoms with van der Waals surface area (Å²) in [6, 6.07) is 13.8. The number of hydrogen-bond donors (Lipinski definition) is 0. The molecule has 0 saturated heterocycles. The first-order valence-corrected chi connectivity index (χ1v) is 10.3. The number of anilines is 2. The molecule has 2 aromatic rings. The molecule has 0 fully saturated rings. The van der Waals surface area contributed by atoms with Crippen LogP contribution in [0.4, 0.5) is 20.2 Å². The largest absolute Gasteiger partial charge is 0.435 e. The molecule has 0 saturated carbocycles. The van der Waals surface area contributed by atoms with E-state index >= 15 is 0 Å². The number of alkyl halides is 2. The fourth-order valence-corrected chi connectivity index (χ4v) is 3.68. The zero-order valence-electron chi connectivity index (χ0n) is 17.2. The predicted molar refractivity (Wildman–Crippen MR) is 119 cm³/mol. The maximum Gasteiger partial charge on any atom is 0.387 e. The quantitative estimate of drug-likeness (QED) is 0.587. The van der Waals surface area contributed by atoms with Crippen LogP contribution in [0.3, 0.4) is 0 Å². The number of aliphatic imine (C=N–C) groups is 1. The molecule has 1 aliphatic rings. The van der Waals surface area contributed by atoms with Gasteiger partial charge >= 0.3 is 6.61 Å². The second kappa shape index (κ2) is 9.30. The van der Waals surface area contributed by atoms with E-state index in [-0.39, 0.29) is 16.9 Å². The normalized spacial score (nSPS) is 15.3. The van der Waals surface area contributed by atoms with Gasteiger partial charge in [-0.1, -0.05) is 37.7 Å². The smallest absolute Gasteiger partial charge is 0.387 e. The molecule has 158 valence electrons. The van der Waals surface area contributed by atoms with Crippen LogP contribution in [-0.2, 0) is 4.79 Å². The molecule has 1 aliphatic heterocycles. The number of amides is 1. The minimum Gasteiger partial charge on any atom is -0.435 e. The van der Waals surface area contributed by atoms with Crippen LogP contribution in [0.25, 0.3) is 6.08 Å². The van der Waals surface area contributed by atoms with Crippen molar-refractivity contribution in [2.75, 3.05) is 23.9 Å². The van der Waals surface area contributed by atoms with Crippen LogP contribution in [0.15, 0.2) is 59.2 Å². The van der Waals surface area contributed by atoms with Crippen molar-refractivity contribution in [3.8, 4) is 5.75 Å². The number of thioether (sulfide) groups is 1. The first kappa shape index (κ1) is 21.8. The van der Waals surface area contributed by atoms with Crippen molar-refractivity contribution < 1.29 is 18.3 Å². The van der Waals surface area contributed by atoms with Crippen molar-refractivity contribution >= 4 is 40.3 Å². The van der Waals surface area contributed by atoms with E-state index in [9.17, 15) is 13.6 Å². The van der Waals surface area contributed by atoms with Gasteiger partial charge < -0.3 is 9.64 Å². The molecule has 8 heteroatoms. The van der Waals surface area contributed by atoms with Gasteiger partial charge in [-0.3, -0.25) is 9.69 Å². The third kappa shape index (κ3) is 5.18. The summed E-state index contributed by atoms with van der Waals surface area (Å²) in [4.78, 5) is 21.1. The zero-order valence-corrected chi connectivity index (χ0v) is 18.0. The number of carbonyl (C=O) groups excluding carboxylic acids is 1. The van der Waals surface area contributed by atoms with Crippen LogP contribution in [-0.4, -0.2) is 37.0 Å². The Morgan fingerprint density at radius 2 is 1.70 bits per heavy atom. The summed E-state index contributed by atoms with van der Waals surface area (Å²) in [5, 5.41) is 0.757. The Morgan fingerprint density at radius 3 is 2.23 bits per heavy atom. The SMILES string of the molecule is CC(C)SC1=N/C(=C\c2ccc(N(C)C)cc2)C(=O)N1c1ccc(OC(F)F)cc1. The zero-order chi connectivity index (χ0) is 21.8. The summed E-state index contributed by atoms with van der Waals surface area (Å²) in [6.07, 6.45) is 1.75. The average molecular weight is 432 g/mol. The summed E-state index contributed by atoms with van der Waals surface area (Å²) in [5.74, 6) is -0.232. The fourth-order valence-electron chi connectivity index (χ4n) is 2.82. The van der Waals surface area contributed by atoms with Crippen LogP contribution >= 0.6 is 11.8 Å². The molecule has 0 aromatic heterocycles. The van der Waals surface area contributed by atoms with Crippen LogP contribution in [0.1, 0.15) is 19.4 Å². The van der Waals surface area contributed by atoms with Gasteiger partial charge in [-0.15, -0.1) is 0 Å². The summed E-state index contributed by atoms with van der Waals surface area (Å²) in [7, 11) is 3.92. The van der Waals surface area contributed by atoms with Gasteiger partial charge in [-0.25, -0.2) is 4.99 Å². The molecule has 1 amide bonds. The van der Waals surface area contributed by atoms with Gasteiger partial charge in [0.1, 0.15) is 11.4 Å². The second-order valence-corrected chi connectivity index (χ2v) is 8.63. The lowest BCUT2D eigenvalue weighted by atomic mass is 10.1. The second-order valence-electron chi connectivity index (χ2n) is 7.09. The lowest BCUT2D eigenvalue weighted by molar-refractivity contribution is -0.113. The molecule has 0 radical (unpaired) electrons. The molecule has 0 spiro atoms. The Morgan fingerprint density at radius 1 is 1.07 bits per heavy atom. The third-order valence-electron chi connectivity index (χ3n) is 4.20. The maximum atomic E-state index is 13.1. The molecular weight excluding hydrogens is 408 g/mol. The molecule has 1 heterocycles. The van der Waals surface area contributed by atoms with Crippen molar-refractivity contribution in [1.82, 2.24) is 0 Å². The molecule has 0 unspecified atom stereocenters. The van der Waals surface area contributed by atoms with E-state index in [1.54, 1.807) is 18.2 Å². The van der Waals surface area contributed by atoms with Crippen molar-refractivity contribution in [2.45, 2.75) is 25.7 Å². The fraction of sp³-hybridized carbons (Fsp3) is 0.273. The van der Waals surface area contributed by atoms with Crippen LogP contribution in [0.2, 0.25) is 0 Å². The van der Waals surface area contributed by atoms with Gasteiger partial charge in [-0.2, -0.15) is 8.78 Å². The molecule has 0 atom stereocenters. The van der Waals surface area contributed by atoms with E-state index in [1.807, 2.05) is 57.1 Å². The highest BCUT2D eigenvalue weighted by Crippen LogP contribution is 2.32. The van der Waals surface area contributed by atoms with E-state index < -0.39 is 6.61 Å². The minimum absolute atomic E-state index is 0.0344. The first-order valence-electron chi connectivity index (χ1n) is 9.38. The Hall–Kier alpha value is -2.87. The summed E-state index contributed by atoms with van der Waals surface area (Å²) < 4.78 is 29.2. The monoisotopic (exact) mass is 431 g/mol. The molecule has 30 heavy (non-hydrogen) atoms. The van der Waals surface area contributed by atoms with Crippen molar-refractivity contribution in [2.24, 2.45) is 4.99 Å². The molecule has 0 aliphatic carbocycles. The Bertz CT molecular complexity index is 955. The Kier molecular flexibility index (Phi) is 6.77. The highest BCUT2D eigenvalue weighted by molar-refractivity contribution is 8.14. The van der Waals surface area contributed by atoms with E-state index in [1.165, 1.54) is 28.8 Å². The van der Waals surface area contributed by atoms with Gasteiger partial charge in [0.2, 0.25) is 0 Å². The van der Waals surface area contributed by atoms with Gasteiger partial charge in [-0.05, 0) is 48.0 Å². The Balaban J connectivity index is 1.90. The number of rotatable bonds is 6. The number of benzene rings is 2. The van der Waals surface area contributed by atoms with E-state index in [4.69, 9.17) is 0 Å². The summed E-state index contributed by atoms with van der Waals surface area (Å²) in [5.41, 5.74) is 2.79. The Labute approximate surface area is 179 Å². The van der Waals surface area contributed by atoms with Gasteiger partial charge in [0.15, 0.2) is 5.17 Å². The van der Waals surface area contributed by atoms with Gasteiger partial charge in [0.25, 0.3) is 5.91 Å². The predicted octanol–water partition coefficient (Wildman–Crippen LogP) is 5.24. The molecule has 2 aromatic carbocycles. The first-order chi connectivity index (χ1) is 14.2. The number of carbonyl (C=O) groups is 1. The number of halogens is 2. The van der Waals surface area contributed by atoms with E-state index in [2.05, 4.69) is 9.73 Å². The molecular formula is C22H23F2N3O2S. The van der Waals surface area contributed by atoms with Gasteiger partial charge in [0.05, 0.1) is 5.69 Å². The molecule has 0 bridgehead atoms. The van der Waals surface area contributed by atoms with Crippen molar-refractivity contribution in [1.29, 1.82) is 0 Å². The average Bonchev–Trinajstić information content (AvgIpc) is 2.97. The van der Waals surface area contributed by atoms with Crippen LogP contribution < -0.4 is 14.5 Å². The number of nitrogens with zero attached hydrogens (tertiary/aromatic N) is 3. The minimum atomic E-state index is -2.90.